The number of carboxylic acids is 1. The number of carbonyl (C=O) groups is 4. The molecule has 0 rings (SSSR count). The summed E-state index contributed by atoms with van der Waals surface area (Å²) in [5, 5.41) is 16.3. The van der Waals surface area contributed by atoms with Gasteiger partial charge in [-0.2, -0.15) is 12.6 Å². The van der Waals surface area contributed by atoms with E-state index in [4.69, 9.17) is 22.3 Å². The Balaban J connectivity index is 5.26. The van der Waals surface area contributed by atoms with Crippen LogP contribution >= 0.6 is 12.6 Å². The Morgan fingerprint density at radius 1 is 1.00 bits per heavy atom. The number of guanidine groups is 1. The summed E-state index contributed by atoms with van der Waals surface area (Å²) in [7, 11) is 0. The van der Waals surface area contributed by atoms with Crippen molar-refractivity contribution >= 4 is 42.3 Å². The molecule has 0 spiro atoms. The summed E-state index contributed by atoms with van der Waals surface area (Å²) in [4.78, 5) is 52.3. The first kappa shape index (κ1) is 28.5. The highest BCUT2D eigenvalue weighted by Gasteiger charge is 2.29. The molecule has 12 nitrogen and oxygen atoms in total. The lowest BCUT2D eigenvalue weighted by atomic mass is 9.98. The van der Waals surface area contributed by atoms with Crippen molar-refractivity contribution in [2.75, 3.05) is 12.3 Å². The molecule has 0 aromatic rings. The molecule has 0 aromatic carbocycles. The van der Waals surface area contributed by atoms with Crippen LogP contribution in [-0.2, 0) is 19.2 Å². The molecule has 0 saturated heterocycles. The number of carboxylic acid groups (broad SMARTS) is 1. The van der Waals surface area contributed by atoms with Crippen LogP contribution in [0.25, 0.3) is 0 Å². The minimum atomic E-state index is -1.22. The summed E-state index contributed by atoms with van der Waals surface area (Å²) in [5.74, 6) is -3.33. The largest absolute Gasteiger partial charge is 0.480 e. The summed E-state index contributed by atoms with van der Waals surface area (Å²) >= 11 is 4.05. The molecule has 0 aliphatic rings. The van der Waals surface area contributed by atoms with Crippen molar-refractivity contribution in [1.29, 1.82) is 0 Å². The number of aliphatic carboxylic acids is 1. The minimum Gasteiger partial charge on any atom is -0.480 e. The number of amides is 3. The van der Waals surface area contributed by atoms with Gasteiger partial charge in [-0.25, -0.2) is 0 Å². The van der Waals surface area contributed by atoms with E-state index in [1.165, 1.54) is 6.92 Å². The van der Waals surface area contributed by atoms with Gasteiger partial charge in [0.25, 0.3) is 0 Å². The van der Waals surface area contributed by atoms with Crippen molar-refractivity contribution in [1.82, 2.24) is 16.0 Å². The van der Waals surface area contributed by atoms with Gasteiger partial charge in [0.2, 0.25) is 17.7 Å². The van der Waals surface area contributed by atoms with E-state index in [2.05, 4.69) is 33.6 Å². The highest BCUT2D eigenvalue weighted by molar-refractivity contribution is 7.80. The highest BCUT2D eigenvalue weighted by atomic mass is 32.1. The summed E-state index contributed by atoms with van der Waals surface area (Å²) in [5.41, 5.74) is 16.5. The molecular formula is C18H35N7O5S. The van der Waals surface area contributed by atoms with Crippen molar-refractivity contribution < 1.29 is 24.3 Å². The van der Waals surface area contributed by atoms with E-state index >= 15 is 0 Å². The Kier molecular flexibility index (Phi) is 13.3. The zero-order valence-electron chi connectivity index (χ0n) is 18.1. The van der Waals surface area contributed by atoms with E-state index in [9.17, 15) is 19.2 Å². The molecule has 5 atom stereocenters. The average molecular weight is 462 g/mol. The summed E-state index contributed by atoms with van der Waals surface area (Å²) in [6.07, 6.45) is 1.25. The van der Waals surface area contributed by atoms with Crippen molar-refractivity contribution in [3.63, 3.8) is 0 Å². The van der Waals surface area contributed by atoms with Crippen molar-refractivity contribution in [3.05, 3.63) is 0 Å². The molecule has 10 N–H and O–H groups in total. The molecule has 13 heteroatoms. The SMILES string of the molecule is CC[C@H](C)[C@H](N)C(=O)N[C@@H](CCCN=C(N)N)C(=O)N[C@@H](CS)C(=O)N[C@@H](C)C(=O)O. The third-order valence-electron chi connectivity index (χ3n) is 4.68. The topological polar surface area (TPSA) is 215 Å². The fourth-order valence-corrected chi connectivity index (χ4v) is 2.65. The van der Waals surface area contributed by atoms with E-state index in [1.54, 1.807) is 0 Å². The summed E-state index contributed by atoms with van der Waals surface area (Å²) in [6.45, 7) is 5.25. The minimum absolute atomic E-state index is 0.0784. The first-order valence-electron chi connectivity index (χ1n) is 10.00. The number of nitrogens with one attached hydrogen (secondary N) is 3. The summed E-state index contributed by atoms with van der Waals surface area (Å²) < 4.78 is 0. The lowest BCUT2D eigenvalue weighted by molar-refractivity contribution is -0.141. The lowest BCUT2D eigenvalue weighted by Gasteiger charge is -2.25. The first-order chi connectivity index (χ1) is 14.4. The molecular weight excluding hydrogens is 426 g/mol. The quantitative estimate of drug-likeness (QED) is 0.0619. The van der Waals surface area contributed by atoms with Gasteiger partial charge in [0.1, 0.15) is 18.1 Å². The number of thiol groups is 1. The molecule has 0 fully saturated rings. The number of nitrogens with two attached hydrogens (primary N) is 3. The van der Waals surface area contributed by atoms with Crippen LogP contribution in [0.5, 0.6) is 0 Å². The van der Waals surface area contributed by atoms with Gasteiger partial charge < -0.3 is 38.3 Å². The molecule has 178 valence electrons. The number of aliphatic imine (C=N–C) groups is 1. The third-order valence-corrected chi connectivity index (χ3v) is 5.05. The van der Waals surface area contributed by atoms with Crippen molar-refractivity contribution in [2.45, 2.75) is 64.2 Å². The lowest BCUT2D eigenvalue weighted by Crippen LogP contribution is -2.57. The van der Waals surface area contributed by atoms with Crippen LogP contribution < -0.4 is 33.2 Å². The van der Waals surface area contributed by atoms with Crippen LogP contribution in [0.1, 0.15) is 40.0 Å². The predicted octanol–water partition coefficient (Wildman–Crippen LogP) is -2.10. The van der Waals surface area contributed by atoms with Gasteiger partial charge in [0, 0.05) is 12.3 Å². The van der Waals surface area contributed by atoms with Gasteiger partial charge in [0.15, 0.2) is 5.96 Å². The van der Waals surface area contributed by atoms with Crippen LogP contribution in [-0.4, -0.2) is 71.2 Å². The zero-order valence-corrected chi connectivity index (χ0v) is 19.0. The van der Waals surface area contributed by atoms with Crippen LogP contribution in [0.3, 0.4) is 0 Å². The fraction of sp³-hybridized carbons (Fsp3) is 0.722. The molecule has 31 heavy (non-hydrogen) atoms. The zero-order chi connectivity index (χ0) is 24.1. The maximum absolute atomic E-state index is 12.8. The third kappa shape index (κ3) is 10.9. The van der Waals surface area contributed by atoms with Crippen LogP contribution in [0.4, 0.5) is 0 Å². The Bertz CT molecular complexity index is 657. The van der Waals surface area contributed by atoms with Gasteiger partial charge >= 0.3 is 5.97 Å². The molecule has 0 aromatic heterocycles. The van der Waals surface area contributed by atoms with E-state index in [0.29, 0.717) is 12.8 Å². The van der Waals surface area contributed by atoms with Crippen molar-refractivity contribution in [3.8, 4) is 0 Å². The molecule has 0 heterocycles. The molecule has 0 bridgehead atoms. The number of hydrogen-bond donors (Lipinski definition) is 8. The Morgan fingerprint density at radius 2 is 1.55 bits per heavy atom. The van der Waals surface area contributed by atoms with Crippen LogP contribution in [0.2, 0.25) is 0 Å². The van der Waals surface area contributed by atoms with E-state index < -0.39 is 47.9 Å². The van der Waals surface area contributed by atoms with E-state index in [-0.39, 0.29) is 30.6 Å². The number of carbonyl (C=O) groups excluding carboxylic acids is 3. The van der Waals surface area contributed by atoms with E-state index in [1.807, 2.05) is 13.8 Å². The molecule has 0 aliphatic carbocycles. The molecule has 0 radical (unpaired) electrons. The van der Waals surface area contributed by atoms with Crippen LogP contribution in [0.15, 0.2) is 4.99 Å². The summed E-state index contributed by atoms with van der Waals surface area (Å²) in [6, 6.07) is -4.05. The monoisotopic (exact) mass is 461 g/mol. The highest BCUT2D eigenvalue weighted by Crippen LogP contribution is 2.07. The Hall–Kier alpha value is -2.54. The van der Waals surface area contributed by atoms with Gasteiger partial charge in [-0.05, 0) is 25.7 Å². The normalized spacial score (nSPS) is 15.5. The van der Waals surface area contributed by atoms with Gasteiger partial charge in [-0.3, -0.25) is 24.2 Å². The maximum atomic E-state index is 12.8. The second kappa shape index (κ2) is 14.5. The van der Waals surface area contributed by atoms with E-state index in [0.717, 1.165) is 0 Å². The van der Waals surface area contributed by atoms with Gasteiger partial charge in [0.05, 0.1) is 6.04 Å². The smallest absolute Gasteiger partial charge is 0.325 e. The Labute approximate surface area is 187 Å². The second-order valence-electron chi connectivity index (χ2n) is 7.23. The van der Waals surface area contributed by atoms with Crippen molar-refractivity contribution in [2.24, 2.45) is 28.1 Å². The fourth-order valence-electron chi connectivity index (χ4n) is 2.39. The predicted molar refractivity (Wildman–Crippen MR) is 120 cm³/mol. The Morgan fingerprint density at radius 3 is 2.03 bits per heavy atom. The molecule has 0 unspecified atom stereocenters. The number of hydrogen-bond acceptors (Lipinski definition) is 7. The van der Waals surface area contributed by atoms with Crippen LogP contribution in [0, 0.1) is 5.92 Å². The molecule has 0 aliphatic heterocycles. The maximum Gasteiger partial charge on any atom is 0.325 e. The first-order valence-corrected chi connectivity index (χ1v) is 10.6. The number of nitrogens with zero attached hydrogens (tertiary/aromatic N) is 1. The molecule has 0 saturated carbocycles. The van der Waals surface area contributed by atoms with Gasteiger partial charge in [-0.15, -0.1) is 0 Å². The standard InChI is InChI=1S/C18H35N7O5S/c1-4-9(2)13(19)16(28)24-11(6-5-7-22-18(20)21)14(26)25-12(8-31)15(27)23-10(3)17(29)30/h9-13,31H,4-8,19H2,1-3H3,(H,23,27)(H,24,28)(H,25,26)(H,29,30)(H4,20,21,22)/t9-,10-,11-,12-,13-/m0/s1. The average Bonchev–Trinajstić information content (AvgIpc) is 2.71. The number of rotatable bonds is 14. The second-order valence-corrected chi connectivity index (χ2v) is 7.60. The van der Waals surface area contributed by atoms with Gasteiger partial charge in [-0.1, -0.05) is 20.3 Å². The molecule has 3 amide bonds.